The third-order valence-corrected chi connectivity index (χ3v) is 4.58. The number of aromatic nitrogens is 3. The maximum absolute atomic E-state index is 14.5. The van der Waals surface area contributed by atoms with Gasteiger partial charge in [0.25, 0.3) is 0 Å². The molecule has 2 atom stereocenters. The van der Waals surface area contributed by atoms with Crippen LogP contribution >= 0.6 is 0 Å². The number of hydrogen-bond acceptors (Lipinski definition) is 5. The predicted octanol–water partition coefficient (Wildman–Crippen LogP) is 3.53. The summed E-state index contributed by atoms with van der Waals surface area (Å²) in [6.45, 7) is 7.20. The fourth-order valence-corrected chi connectivity index (χ4v) is 3.14. The first-order valence-corrected chi connectivity index (χ1v) is 9.51. The zero-order valence-electron chi connectivity index (χ0n) is 16.2. The van der Waals surface area contributed by atoms with Gasteiger partial charge in [-0.3, -0.25) is 4.40 Å². The van der Waals surface area contributed by atoms with Crippen molar-refractivity contribution in [3.05, 3.63) is 47.8 Å². The van der Waals surface area contributed by atoms with Gasteiger partial charge in [0.05, 0.1) is 18.0 Å². The molecule has 0 aromatic carbocycles. The van der Waals surface area contributed by atoms with Crippen molar-refractivity contribution >= 4 is 11.5 Å². The number of fused-ring (bicyclic) bond motifs is 1. The third-order valence-electron chi connectivity index (χ3n) is 4.58. The van der Waals surface area contributed by atoms with Gasteiger partial charge in [-0.2, -0.15) is 0 Å². The Bertz CT molecular complexity index is 951. The Balaban J connectivity index is 0.00000109. The molecule has 2 unspecified atom stereocenters. The maximum Gasteiger partial charge on any atom is 0.168 e. The summed E-state index contributed by atoms with van der Waals surface area (Å²) in [7, 11) is 0. The van der Waals surface area contributed by atoms with E-state index in [0.717, 1.165) is 19.0 Å². The number of imidazole rings is 1. The molecule has 28 heavy (non-hydrogen) atoms. The summed E-state index contributed by atoms with van der Waals surface area (Å²) >= 11 is 0. The Labute approximate surface area is 162 Å². The van der Waals surface area contributed by atoms with Crippen molar-refractivity contribution < 1.29 is 13.9 Å². The first kappa shape index (κ1) is 20.2. The Morgan fingerprint density at radius 1 is 1.29 bits per heavy atom. The number of rotatable bonds is 4. The van der Waals surface area contributed by atoms with Crippen molar-refractivity contribution in [3.8, 4) is 11.4 Å². The second kappa shape index (κ2) is 8.62. The average molecular weight is 389 g/mol. The second-order valence-electron chi connectivity index (χ2n) is 6.49. The Hall–Kier alpha value is -2.58. The molecular weight excluding hydrogens is 364 g/mol. The molecule has 0 aliphatic carbocycles. The highest BCUT2D eigenvalue weighted by Gasteiger charge is 2.21. The van der Waals surface area contributed by atoms with Crippen molar-refractivity contribution in [2.45, 2.75) is 39.3 Å². The van der Waals surface area contributed by atoms with E-state index < -0.39 is 17.7 Å². The fraction of sp³-hybridized carbons (Fsp3) is 0.400. The highest BCUT2D eigenvalue weighted by Crippen LogP contribution is 2.27. The summed E-state index contributed by atoms with van der Waals surface area (Å²) in [4.78, 5) is 8.43. The van der Waals surface area contributed by atoms with Crippen molar-refractivity contribution in [3.63, 3.8) is 0 Å². The highest BCUT2D eigenvalue weighted by molar-refractivity contribution is 5.63. The van der Waals surface area contributed by atoms with E-state index in [4.69, 9.17) is 0 Å². The molecule has 1 saturated heterocycles. The number of nitrogens with one attached hydrogen (secondary N) is 2. The van der Waals surface area contributed by atoms with Gasteiger partial charge in [0, 0.05) is 24.8 Å². The van der Waals surface area contributed by atoms with Crippen molar-refractivity contribution in [1.29, 1.82) is 0 Å². The van der Waals surface area contributed by atoms with Gasteiger partial charge >= 0.3 is 0 Å². The van der Waals surface area contributed by atoms with Gasteiger partial charge in [0.15, 0.2) is 17.5 Å². The summed E-state index contributed by atoms with van der Waals surface area (Å²) in [5.41, 5.74) is 1.65. The van der Waals surface area contributed by atoms with E-state index in [1.54, 1.807) is 29.7 Å². The van der Waals surface area contributed by atoms with E-state index in [1.807, 2.05) is 13.8 Å². The molecule has 3 aromatic heterocycles. The molecule has 1 fully saturated rings. The second-order valence-corrected chi connectivity index (χ2v) is 6.49. The molecule has 4 rings (SSSR count). The zero-order chi connectivity index (χ0) is 20.3. The lowest BCUT2D eigenvalue weighted by Gasteiger charge is -2.14. The molecule has 4 heterocycles. The van der Waals surface area contributed by atoms with Crippen LogP contribution in [0.25, 0.3) is 17.0 Å². The van der Waals surface area contributed by atoms with E-state index in [0.29, 0.717) is 23.4 Å². The number of nitrogens with zero attached hydrogens (tertiary/aromatic N) is 3. The standard InChI is InChI=1S/C18H19F2N5O.C2H6/c1-10(26)11-2-3-16-22-8-15(25(16)9-11)17-13(19)6-14(20)18(24-17)23-12-4-5-21-7-12;1-2/h2-3,6,8-10,12,21,26H,4-5,7H2,1H3,(H,23,24);1-2H3. The molecule has 3 aromatic rings. The summed E-state index contributed by atoms with van der Waals surface area (Å²) in [6.07, 6.45) is 3.35. The van der Waals surface area contributed by atoms with Crippen LogP contribution in [-0.2, 0) is 0 Å². The molecule has 0 saturated carbocycles. The van der Waals surface area contributed by atoms with Gasteiger partial charge in [0.2, 0.25) is 0 Å². The van der Waals surface area contributed by atoms with Crippen LogP contribution in [0.1, 0.15) is 38.9 Å². The number of aliphatic hydroxyl groups excluding tert-OH is 1. The predicted molar refractivity (Wildman–Crippen MR) is 105 cm³/mol. The Morgan fingerprint density at radius 2 is 2.07 bits per heavy atom. The monoisotopic (exact) mass is 389 g/mol. The molecule has 8 heteroatoms. The van der Waals surface area contributed by atoms with E-state index in [2.05, 4.69) is 20.6 Å². The van der Waals surface area contributed by atoms with E-state index >= 15 is 0 Å². The summed E-state index contributed by atoms with van der Waals surface area (Å²) in [5.74, 6) is -1.46. The van der Waals surface area contributed by atoms with Gasteiger partial charge in [-0.05, 0) is 31.5 Å². The number of pyridine rings is 2. The van der Waals surface area contributed by atoms with Crippen LogP contribution < -0.4 is 10.6 Å². The normalized spacial score (nSPS) is 17.3. The molecule has 0 spiro atoms. The fourth-order valence-electron chi connectivity index (χ4n) is 3.14. The third kappa shape index (κ3) is 3.98. The van der Waals surface area contributed by atoms with Gasteiger partial charge in [-0.1, -0.05) is 19.9 Å². The number of aliphatic hydroxyl groups is 1. The highest BCUT2D eigenvalue weighted by atomic mass is 19.1. The van der Waals surface area contributed by atoms with Crippen LogP contribution in [-0.4, -0.2) is 38.6 Å². The molecular formula is C20H25F2N5O. The SMILES string of the molecule is CC.CC(O)c1ccc2ncc(-c3nc(NC4CCNC4)c(F)cc3F)n2c1. The molecule has 1 aliphatic heterocycles. The van der Waals surface area contributed by atoms with Crippen LogP contribution in [0.3, 0.4) is 0 Å². The van der Waals surface area contributed by atoms with Crippen LogP contribution in [0.4, 0.5) is 14.6 Å². The lowest BCUT2D eigenvalue weighted by molar-refractivity contribution is 0.199. The summed E-state index contributed by atoms with van der Waals surface area (Å²) < 4.78 is 30.3. The van der Waals surface area contributed by atoms with Crippen LogP contribution in [0.2, 0.25) is 0 Å². The molecule has 0 radical (unpaired) electrons. The van der Waals surface area contributed by atoms with Gasteiger partial charge in [-0.25, -0.2) is 18.7 Å². The smallest absolute Gasteiger partial charge is 0.168 e. The van der Waals surface area contributed by atoms with Gasteiger partial charge in [0.1, 0.15) is 11.3 Å². The Morgan fingerprint density at radius 3 is 2.75 bits per heavy atom. The van der Waals surface area contributed by atoms with Crippen LogP contribution in [0, 0.1) is 11.6 Å². The summed E-state index contributed by atoms with van der Waals surface area (Å²) in [5, 5.41) is 16.0. The van der Waals surface area contributed by atoms with E-state index in [-0.39, 0.29) is 17.6 Å². The van der Waals surface area contributed by atoms with Gasteiger partial charge < -0.3 is 15.7 Å². The Kier molecular flexibility index (Phi) is 6.21. The molecule has 6 nitrogen and oxygen atoms in total. The number of hydrogen-bond donors (Lipinski definition) is 3. The van der Waals surface area contributed by atoms with Crippen molar-refractivity contribution in [2.24, 2.45) is 0 Å². The number of anilines is 1. The van der Waals surface area contributed by atoms with Crippen LogP contribution in [0.5, 0.6) is 0 Å². The topological polar surface area (TPSA) is 74.5 Å². The minimum atomic E-state index is -0.762. The van der Waals surface area contributed by atoms with E-state index in [9.17, 15) is 13.9 Å². The first-order chi connectivity index (χ1) is 13.5. The molecule has 0 bridgehead atoms. The zero-order valence-corrected chi connectivity index (χ0v) is 16.2. The summed E-state index contributed by atoms with van der Waals surface area (Å²) in [6, 6.07) is 4.38. The minimum absolute atomic E-state index is 0.00935. The minimum Gasteiger partial charge on any atom is -0.389 e. The first-order valence-electron chi connectivity index (χ1n) is 9.51. The molecule has 1 aliphatic rings. The molecule has 3 N–H and O–H groups in total. The van der Waals surface area contributed by atoms with Crippen molar-refractivity contribution in [2.75, 3.05) is 18.4 Å². The largest absolute Gasteiger partial charge is 0.389 e. The quantitative estimate of drug-likeness (QED) is 0.637. The lowest BCUT2D eigenvalue weighted by atomic mass is 10.2. The lowest BCUT2D eigenvalue weighted by Crippen LogP contribution is -2.23. The molecule has 150 valence electrons. The van der Waals surface area contributed by atoms with Crippen molar-refractivity contribution in [1.82, 2.24) is 19.7 Å². The van der Waals surface area contributed by atoms with Gasteiger partial charge in [-0.15, -0.1) is 0 Å². The number of halogens is 2. The molecule has 0 amide bonds. The van der Waals surface area contributed by atoms with E-state index in [1.165, 1.54) is 6.20 Å². The van der Waals surface area contributed by atoms with Crippen LogP contribution in [0.15, 0.2) is 30.6 Å². The maximum atomic E-state index is 14.5. The average Bonchev–Trinajstić information content (AvgIpc) is 3.35.